The van der Waals surface area contributed by atoms with Crippen LogP contribution in [-0.4, -0.2) is 37.9 Å². The maximum Gasteiger partial charge on any atom is 0.320 e. The number of benzene rings is 3. The maximum atomic E-state index is 11.5. The van der Waals surface area contributed by atoms with E-state index in [2.05, 4.69) is 101 Å². The number of fused-ring (bicyclic) bond motifs is 1. The van der Waals surface area contributed by atoms with Crippen molar-refractivity contribution < 1.29 is 9.90 Å². The monoisotopic (exact) mass is 487 g/mol. The van der Waals surface area contributed by atoms with Crippen molar-refractivity contribution in [3.05, 3.63) is 108 Å². The molecule has 0 saturated carbocycles. The van der Waals surface area contributed by atoms with E-state index < -0.39 is 5.97 Å². The van der Waals surface area contributed by atoms with E-state index >= 15 is 0 Å². The van der Waals surface area contributed by atoms with E-state index in [4.69, 9.17) is 4.98 Å². The van der Waals surface area contributed by atoms with Crippen molar-refractivity contribution in [2.75, 3.05) is 6.54 Å². The van der Waals surface area contributed by atoms with Crippen molar-refractivity contribution in [3.8, 4) is 33.5 Å². The third kappa shape index (κ3) is 4.43. The molecule has 1 saturated heterocycles. The van der Waals surface area contributed by atoms with Gasteiger partial charge in [-0.2, -0.15) is 0 Å². The van der Waals surface area contributed by atoms with Gasteiger partial charge in [0.2, 0.25) is 0 Å². The number of hydrogen-bond acceptors (Lipinski definition) is 3. The fraction of sp³-hybridized carbons (Fsp3) is 0.188. The van der Waals surface area contributed by atoms with Crippen LogP contribution in [0.25, 0.3) is 39.2 Å². The van der Waals surface area contributed by atoms with Gasteiger partial charge in [-0.15, -0.1) is 0 Å². The molecule has 5 heteroatoms. The lowest BCUT2D eigenvalue weighted by atomic mass is 9.93. The van der Waals surface area contributed by atoms with Gasteiger partial charge >= 0.3 is 5.97 Å². The van der Waals surface area contributed by atoms with E-state index in [9.17, 15) is 9.90 Å². The number of carbonyl (C=O) groups is 1. The lowest BCUT2D eigenvalue weighted by Gasteiger charge is -2.21. The Kier molecular flexibility index (Phi) is 6.07. The minimum atomic E-state index is -0.721. The molecular weight excluding hydrogens is 458 g/mol. The van der Waals surface area contributed by atoms with Gasteiger partial charge in [-0.1, -0.05) is 72.8 Å². The first-order valence-corrected chi connectivity index (χ1v) is 12.8. The van der Waals surface area contributed by atoms with Gasteiger partial charge < -0.3 is 5.11 Å². The fourth-order valence-corrected chi connectivity index (χ4v) is 5.55. The molecule has 3 heterocycles. The summed E-state index contributed by atoms with van der Waals surface area (Å²) >= 11 is 0. The van der Waals surface area contributed by atoms with E-state index in [1.807, 2.05) is 12.3 Å². The number of rotatable bonds is 6. The Morgan fingerprint density at radius 1 is 0.919 bits per heavy atom. The van der Waals surface area contributed by atoms with Crippen molar-refractivity contribution in [1.29, 1.82) is 0 Å². The summed E-state index contributed by atoms with van der Waals surface area (Å²) in [5.41, 5.74) is 10.2. The largest absolute Gasteiger partial charge is 0.480 e. The predicted octanol–water partition coefficient (Wildman–Crippen LogP) is 6.69. The van der Waals surface area contributed by atoms with Crippen molar-refractivity contribution in [1.82, 2.24) is 14.3 Å². The van der Waals surface area contributed by atoms with Gasteiger partial charge in [-0.25, -0.2) is 4.98 Å². The third-order valence-corrected chi connectivity index (χ3v) is 7.53. The summed E-state index contributed by atoms with van der Waals surface area (Å²) in [6.07, 6.45) is 5.68. The SMILES string of the molecule is Cc1c(-c2ccccc2)cccc1-c1ccn2c(-c3ccc(CN4CCC[C@H]4C(=O)O)cc3)cnc2c1. The minimum absolute atomic E-state index is 0.371. The average molecular weight is 488 g/mol. The van der Waals surface area contributed by atoms with Gasteiger partial charge in [-0.3, -0.25) is 14.1 Å². The summed E-state index contributed by atoms with van der Waals surface area (Å²) < 4.78 is 2.12. The number of carboxylic acids is 1. The van der Waals surface area contributed by atoms with Crippen LogP contribution in [0.3, 0.4) is 0 Å². The first-order valence-electron chi connectivity index (χ1n) is 12.8. The number of likely N-dealkylation sites (tertiary alicyclic amines) is 1. The standard InChI is InChI=1S/C32H29N3O2/c1-22-27(24-7-3-2-4-8-24)9-5-10-28(22)26-16-18-35-30(20-33-31(35)19-26)25-14-12-23(13-15-25)21-34-17-6-11-29(34)32(36)37/h2-5,7-10,12-16,18-20,29H,6,11,17,21H2,1H3,(H,36,37)/t29-/m0/s1. The third-order valence-electron chi connectivity index (χ3n) is 7.53. The summed E-state index contributed by atoms with van der Waals surface area (Å²) in [6, 6.07) is 29.3. The summed E-state index contributed by atoms with van der Waals surface area (Å²) in [6.45, 7) is 3.68. The zero-order valence-electron chi connectivity index (χ0n) is 20.8. The number of aromatic nitrogens is 2. The van der Waals surface area contributed by atoms with E-state index in [0.717, 1.165) is 47.4 Å². The summed E-state index contributed by atoms with van der Waals surface area (Å²) in [4.78, 5) is 18.3. The molecule has 0 spiro atoms. The number of aliphatic carboxylic acids is 1. The summed E-state index contributed by atoms with van der Waals surface area (Å²) in [7, 11) is 0. The van der Waals surface area contributed by atoms with E-state index in [1.165, 1.54) is 22.3 Å². The normalized spacial score (nSPS) is 15.9. The van der Waals surface area contributed by atoms with Crippen LogP contribution in [0.15, 0.2) is 97.3 Å². The number of carboxylic acid groups (broad SMARTS) is 1. The van der Waals surface area contributed by atoms with Crippen molar-refractivity contribution >= 4 is 11.6 Å². The van der Waals surface area contributed by atoms with Crippen LogP contribution in [0.5, 0.6) is 0 Å². The second-order valence-electron chi connectivity index (χ2n) is 9.79. The quantitative estimate of drug-likeness (QED) is 0.290. The van der Waals surface area contributed by atoms with Crippen LogP contribution < -0.4 is 0 Å². The average Bonchev–Trinajstić information content (AvgIpc) is 3.57. The number of nitrogens with zero attached hydrogens (tertiary/aromatic N) is 3. The van der Waals surface area contributed by atoms with Crippen LogP contribution >= 0.6 is 0 Å². The molecule has 1 aliphatic heterocycles. The lowest BCUT2D eigenvalue weighted by molar-refractivity contribution is -0.142. The highest BCUT2D eigenvalue weighted by atomic mass is 16.4. The Bertz CT molecular complexity index is 1570. The number of hydrogen-bond donors (Lipinski definition) is 1. The molecule has 1 atom stereocenters. The minimum Gasteiger partial charge on any atom is -0.480 e. The van der Waals surface area contributed by atoms with Crippen molar-refractivity contribution in [2.24, 2.45) is 0 Å². The molecule has 6 rings (SSSR count). The van der Waals surface area contributed by atoms with Gasteiger partial charge in [0.05, 0.1) is 11.9 Å². The highest BCUT2D eigenvalue weighted by molar-refractivity contribution is 5.80. The summed E-state index contributed by atoms with van der Waals surface area (Å²) in [5.74, 6) is -0.721. The predicted molar refractivity (Wildman–Crippen MR) is 147 cm³/mol. The molecule has 0 unspecified atom stereocenters. The Morgan fingerprint density at radius 2 is 1.68 bits per heavy atom. The highest BCUT2D eigenvalue weighted by Gasteiger charge is 2.30. The second-order valence-corrected chi connectivity index (χ2v) is 9.79. The Morgan fingerprint density at radius 3 is 2.43 bits per heavy atom. The number of pyridine rings is 1. The Hall–Kier alpha value is -4.22. The molecule has 0 bridgehead atoms. The number of imidazole rings is 1. The molecule has 0 amide bonds. The lowest BCUT2D eigenvalue weighted by Crippen LogP contribution is -2.35. The molecule has 2 aromatic heterocycles. The molecule has 5 aromatic rings. The topological polar surface area (TPSA) is 57.8 Å². The van der Waals surface area contributed by atoms with E-state index in [1.54, 1.807) is 0 Å². The molecule has 1 N–H and O–H groups in total. The smallest absolute Gasteiger partial charge is 0.320 e. The van der Waals surface area contributed by atoms with Crippen molar-refractivity contribution in [3.63, 3.8) is 0 Å². The van der Waals surface area contributed by atoms with Gasteiger partial charge in [0.25, 0.3) is 0 Å². The fourth-order valence-electron chi connectivity index (χ4n) is 5.55. The Labute approximate surface area is 216 Å². The molecular formula is C32H29N3O2. The van der Waals surface area contributed by atoms with Gasteiger partial charge in [0, 0.05) is 18.3 Å². The molecule has 1 aliphatic rings. The first-order chi connectivity index (χ1) is 18.1. The van der Waals surface area contributed by atoms with Gasteiger partial charge in [-0.05, 0) is 71.8 Å². The van der Waals surface area contributed by atoms with Crippen LogP contribution in [-0.2, 0) is 11.3 Å². The summed E-state index contributed by atoms with van der Waals surface area (Å²) in [5, 5.41) is 9.45. The van der Waals surface area contributed by atoms with E-state index in [-0.39, 0.29) is 6.04 Å². The van der Waals surface area contributed by atoms with Crippen molar-refractivity contribution in [2.45, 2.75) is 32.4 Å². The van der Waals surface area contributed by atoms with Crippen LogP contribution in [0.2, 0.25) is 0 Å². The molecule has 3 aromatic carbocycles. The molecule has 1 fully saturated rings. The molecule has 0 radical (unpaired) electrons. The first kappa shape index (κ1) is 23.2. The van der Waals surface area contributed by atoms with Crippen LogP contribution in [0.1, 0.15) is 24.0 Å². The second kappa shape index (κ2) is 9.68. The van der Waals surface area contributed by atoms with E-state index in [0.29, 0.717) is 6.54 Å². The molecule has 184 valence electrons. The zero-order chi connectivity index (χ0) is 25.4. The maximum absolute atomic E-state index is 11.5. The molecule has 0 aliphatic carbocycles. The Balaban J connectivity index is 1.27. The van der Waals surface area contributed by atoms with Crippen LogP contribution in [0.4, 0.5) is 0 Å². The highest BCUT2D eigenvalue weighted by Crippen LogP contribution is 2.33. The van der Waals surface area contributed by atoms with Gasteiger partial charge in [0.1, 0.15) is 11.7 Å². The van der Waals surface area contributed by atoms with Gasteiger partial charge in [0.15, 0.2) is 0 Å². The van der Waals surface area contributed by atoms with Crippen LogP contribution in [0, 0.1) is 6.92 Å². The zero-order valence-corrected chi connectivity index (χ0v) is 20.8. The molecule has 5 nitrogen and oxygen atoms in total. The molecule has 37 heavy (non-hydrogen) atoms.